The molecule has 0 aliphatic heterocycles. The van der Waals surface area contributed by atoms with Gasteiger partial charge in [0.25, 0.3) is 5.91 Å². The first-order valence-electron chi connectivity index (χ1n) is 9.62. The fraction of sp³-hybridized carbons (Fsp3) is 0.174. The van der Waals surface area contributed by atoms with Crippen LogP contribution < -0.4 is 10.1 Å². The van der Waals surface area contributed by atoms with Gasteiger partial charge in [0.05, 0.1) is 22.9 Å². The molecule has 158 valence electrons. The lowest BCUT2D eigenvalue weighted by Gasteiger charge is -2.09. The SMILES string of the molecule is COc1ccc2nc(NC(=O)COC(=O)c3cc(C)n(-c4ccccc4)c3C)sc2c1. The number of hydrogen-bond acceptors (Lipinski definition) is 6. The van der Waals surface area contributed by atoms with E-state index in [0.29, 0.717) is 10.7 Å². The first-order valence-corrected chi connectivity index (χ1v) is 10.4. The van der Waals surface area contributed by atoms with Crippen LogP contribution in [0.4, 0.5) is 5.13 Å². The quantitative estimate of drug-likeness (QED) is 0.451. The number of anilines is 1. The summed E-state index contributed by atoms with van der Waals surface area (Å²) in [5, 5.41) is 3.11. The number of esters is 1. The number of benzene rings is 2. The monoisotopic (exact) mass is 435 g/mol. The third-order valence-electron chi connectivity index (χ3n) is 4.84. The molecule has 0 saturated heterocycles. The average Bonchev–Trinajstić information content (AvgIpc) is 3.31. The van der Waals surface area contributed by atoms with Crippen molar-refractivity contribution in [3.8, 4) is 11.4 Å². The number of carbonyl (C=O) groups excluding carboxylic acids is 2. The normalized spacial score (nSPS) is 10.8. The van der Waals surface area contributed by atoms with Gasteiger partial charge in [0, 0.05) is 17.1 Å². The number of thiazole rings is 1. The second-order valence-electron chi connectivity index (χ2n) is 6.93. The Bertz CT molecular complexity index is 1260. The maximum atomic E-state index is 12.6. The highest BCUT2D eigenvalue weighted by molar-refractivity contribution is 7.22. The number of carbonyl (C=O) groups is 2. The number of para-hydroxylation sites is 1. The molecular weight excluding hydrogens is 414 g/mol. The fourth-order valence-electron chi connectivity index (χ4n) is 3.39. The van der Waals surface area contributed by atoms with Gasteiger partial charge in [-0.15, -0.1) is 0 Å². The van der Waals surface area contributed by atoms with Gasteiger partial charge in [0.15, 0.2) is 11.7 Å². The van der Waals surface area contributed by atoms with Gasteiger partial charge in [0.1, 0.15) is 5.75 Å². The van der Waals surface area contributed by atoms with Crippen molar-refractivity contribution < 1.29 is 19.1 Å². The summed E-state index contributed by atoms with van der Waals surface area (Å²) in [7, 11) is 1.59. The lowest BCUT2D eigenvalue weighted by Crippen LogP contribution is -2.21. The van der Waals surface area contributed by atoms with E-state index in [0.717, 1.165) is 33.0 Å². The molecule has 0 atom stereocenters. The Morgan fingerprint density at radius 3 is 2.61 bits per heavy atom. The topological polar surface area (TPSA) is 82.5 Å². The van der Waals surface area contributed by atoms with Crippen LogP contribution in [0.1, 0.15) is 21.7 Å². The van der Waals surface area contributed by atoms with E-state index in [1.807, 2.05) is 60.9 Å². The fourth-order valence-corrected chi connectivity index (χ4v) is 4.30. The van der Waals surface area contributed by atoms with Crippen LogP contribution in [0.3, 0.4) is 0 Å². The Morgan fingerprint density at radius 2 is 1.87 bits per heavy atom. The molecule has 0 aliphatic rings. The molecule has 7 nitrogen and oxygen atoms in total. The van der Waals surface area contributed by atoms with Crippen LogP contribution in [-0.4, -0.2) is 35.1 Å². The van der Waals surface area contributed by atoms with Gasteiger partial charge < -0.3 is 14.0 Å². The van der Waals surface area contributed by atoms with Gasteiger partial charge in [-0.1, -0.05) is 29.5 Å². The van der Waals surface area contributed by atoms with Gasteiger partial charge >= 0.3 is 5.97 Å². The first kappa shape index (κ1) is 20.6. The van der Waals surface area contributed by atoms with E-state index in [9.17, 15) is 9.59 Å². The highest BCUT2D eigenvalue weighted by Gasteiger charge is 2.19. The molecule has 0 aliphatic carbocycles. The third-order valence-corrected chi connectivity index (χ3v) is 5.78. The molecular formula is C23H21N3O4S. The van der Waals surface area contributed by atoms with Crippen molar-refractivity contribution in [1.82, 2.24) is 9.55 Å². The maximum Gasteiger partial charge on any atom is 0.340 e. The van der Waals surface area contributed by atoms with Crippen molar-refractivity contribution in [3.05, 3.63) is 71.5 Å². The summed E-state index contributed by atoms with van der Waals surface area (Å²) in [6.45, 7) is 3.38. The Labute approximate surface area is 183 Å². The number of aryl methyl sites for hydroxylation is 1. The number of nitrogens with zero attached hydrogens (tertiary/aromatic N) is 2. The molecule has 2 aromatic carbocycles. The average molecular weight is 436 g/mol. The van der Waals surface area contributed by atoms with Crippen LogP contribution in [0.25, 0.3) is 15.9 Å². The van der Waals surface area contributed by atoms with Crippen molar-refractivity contribution in [3.63, 3.8) is 0 Å². The van der Waals surface area contributed by atoms with E-state index in [4.69, 9.17) is 9.47 Å². The zero-order chi connectivity index (χ0) is 22.0. The molecule has 4 aromatic rings. The lowest BCUT2D eigenvalue weighted by atomic mass is 10.2. The number of methoxy groups -OCH3 is 1. The molecule has 0 fully saturated rings. The van der Waals surface area contributed by atoms with Crippen molar-refractivity contribution in [1.29, 1.82) is 0 Å². The zero-order valence-corrected chi connectivity index (χ0v) is 18.2. The zero-order valence-electron chi connectivity index (χ0n) is 17.3. The number of aromatic nitrogens is 2. The summed E-state index contributed by atoms with van der Waals surface area (Å²) in [4.78, 5) is 29.2. The van der Waals surface area contributed by atoms with E-state index in [1.54, 1.807) is 19.2 Å². The summed E-state index contributed by atoms with van der Waals surface area (Å²) < 4.78 is 13.3. The molecule has 1 amide bonds. The minimum Gasteiger partial charge on any atom is -0.497 e. The Morgan fingerprint density at radius 1 is 1.10 bits per heavy atom. The van der Waals surface area contributed by atoms with Crippen molar-refractivity contribution in [2.24, 2.45) is 0 Å². The van der Waals surface area contributed by atoms with Crippen molar-refractivity contribution >= 4 is 38.6 Å². The Hall–Kier alpha value is -3.65. The van der Waals surface area contributed by atoms with Gasteiger partial charge in [-0.2, -0.15) is 0 Å². The van der Waals surface area contributed by atoms with E-state index in [2.05, 4.69) is 10.3 Å². The van der Waals surface area contributed by atoms with Crippen LogP contribution in [0.2, 0.25) is 0 Å². The number of ether oxygens (including phenoxy) is 2. The van der Waals surface area contributed by atoms with Crippen LogP contribution in [0, 0.1) is 13.8 Å². The van der Waals surface area contributed by atoms with E-state index in [1.165, 1.54) is 11.3 Å². The van der Waals surface area contributed by atoms with Crippen molar-refractivity contribution in [2.75, 3.05) is 19.0 Å². The summed E-state index contributed by atoms with van der Waals surface area (Å²) >= 11 is 1.32. The minimum absolute atomic E-state index is 0.396. The lowest BCUT2D eigenvalue weighted by molar-refractivity contribution is -0.119. The Kier molecular flexibility index (Phi) is 5.73. The predicted molar refractivity (Wildman–Crippen MR) is 120 cm³/mol. The molecule has 4 rings (SSSR count). The third kappa shape index (κ3) is 4.29. The molecule has 2 aromatic heterocycles. The largest absolute Gasteiger partial charge is 0.497 e. The van der Waals surface area contributed by atoms with Gasteiger partial charge in [0.2, 0.25) is 0 Å². The van der Waals surface area contributed by atoms with Gasteiger partial charge in [-0.3, -0.25) is 10.1 Å². The number of nitrogens with one attached hydrogen (secondary N) is 1. The second-order valence-corrected chi connectivity index (χ2v) is 7.96. The molecule has 0 bridgehead atoms. The van der Waals surface area contributed by atoms with Crippen LogP contribution in [0.15, 0.2) is 54.6 Å². The highest BCUT2D eigenvalue weighted by Crippen LogP contribution is 2.29. The highest BCUT2D eigenvalue weighted by atomic mass is 32.1. The summed E-state index contributed by atoms with van der Waals surface area (Å²) in [5.74, 6) is -0.272. The summed E-state index contributed by atoms with van der Waals surface area (Å²) in [5.41, 5.74) is 3.81. The molecule has 0 unspecified atom stereocenters. The van der Waals surface area contributed by atoms with E-state index < -0.39 is 18.5 Å². The smallest absolute Gasteiger partial charge is 0.340 e. The first-order chi connectivity index (χ1) is 15.0. The van der Waals surface area contributed by atoms with Gasteiger partial charge in [-0.05, 0) is 50.2 Å². The molecule has 8 heteroatoms. The Balaban J connectivity index is 1.41. The maximum absolute atomic E-state index is 12.6. The van der Waals surface area contributed by atoms with Gasteiger partial charge in [-0.25, -0.2) is 9.78 Å². The second kappa shape index (κ2) is 8.61. The van der Waals surface area contributed by atoms with Crippen molar-refractivity contribution in [2.45, 2.75) is 13.8 Å². The predicted octanol–water partition coefficient (Wildman–Crippen LogP) is 4.51. The number of hydrogen-bond donors (Lipinski definition) is 1. The standard InChI is InChI=1S/C23H21N3O4S/c1-14-11-18(15(2)26(14)16-7-5-4-6-8-16)22(28)30-13-21(27)25-23-24-19-10-9-17(29-3)12-20(19)31-23/h4-12H,13H2,1-3H3,(H,24,25,27). The van der Waals surface area contributed by atoms with Crippen LogP contribution in [-0.2, 0) is 9.53 Å². The van der Waals surface area contributed by atoms with Crippen LogP contribution >= 0.6 is 11.3 Å². The number of fused-ring (bicyclic) bond motifs is 1. The van der Waals surface area contributed by atoms with Crippen LogP contribution in [0.5, 0.6) is 5.75 Å². The number of amides is 1. The minimum atomic E-state index is -0.542. The molecule has 1 N–H and O–H groups in total. The summed E-state index contributed by atoms with van der Waals surface area (Å²) in [6, 6.07) is 17.0. The molecule has 0 spiro atoms. The van der Waals surface area contributed by atoms with E-state index in [-0.39, 0.29) is 0 Å². The molecule has 2 heterocycles. The van der Waals surface area contributed by atoms with E-state index >= 15 is 0 Å². The molecule has 31 heavy (non-hydrogen) atoms. The molecule has 0 saturated carbocycles. The molecule has 0 radical (unpaired) electrons. The number of rotatable bonds is 6. The summed E-state index contributed by atoms with van der Waals surface area (Å²) in [6.07, 6.45) is 0.